The Morgan fingerprint density at radius 2 is 2.26 bits per heavy atom. The van der Waals surface area contributed by atoms with E-state index in [1.54, 1.807) is 0 Å². The predicted molar refractivity (Wildman–Crippen MR) is 84.9 cm³/mol. The highest BCUT2D eigenvalue weighted by Crippen LogP contribution is 2.35. The SMILES string of the molecule is CCNC(CCS(C)(=O)=O)c1cc2c(s1)CCSC2. The molecule has 0 aromatic carbocycles. The quantitative estimate of drug-likeness (QED) is 0.875. The highest BCUT2D eigenvalue weighted by molar-refractivity contribution is 7.98. The lowest BCUT2D eigenvalue weighted by Gasteiger charge is -2.15. The van der Waals surface area contributed by atoms with Crippen LogP contribution in [-0.4, -0.2) is 32.7 Å². The van der Waals surface area contributed by atoms with Crippen LogP contribution in [0.5, 0.6) is 0 Å². The Kier molecular flexibility index (Phi) is 5.34. The highest BCUT2D eigenvalue weighted by Gasteiger charge is 2.20. The standard InChI is InChI=1S/C13H21NO2S3/c1-3-14-11(5-7-19(2,15)16)13-8-10-9-17-6-4-12(10)18-13/h8,11,14H,3-7,9H2,1-2H3. The molecule has 2 heterocycles. The van der Waals surface area contributed by atoms with Crippen molar-refractivity contribution in [1.29, 1.82) is 0 Å². The monoisotopic (exact) mass is 319 g/mol. The lowest BCUT2D eigenvalue weighted by atomic mass is 10.1. The van der Waals surface area contributed by atoms with Gasteiger partial charge in [0.1, 0.15) is 9.84 Å². The average molecular weight is 320 g/mol. The molecule has 6 heteroatoms. The Morgan fingerprint density at radius 3 is 2.89 bits per heavy atom. The van der Waals surface area contributed by atoms with Gasteiger partial charge in [0.15, 0.2) is 0 Å². The van der Waals surface area contributed by atoms with Crippen molar-refractivity contribution in [3.63, 3.8) is 0 Å². The molecule has 1 aromatic heterocycles. The van der Waals surface area contributed by atoms with Gasteiger partial charge in [-0.25, -0.2) is 8.42 Å². The van der Waals surface area contributed by atoms with Crippen LogP contribution in [0.4, 0.5) is 0 Å². The predicted octanol–water partition coefficient (Wildman–Crippen LogP) is 2.62. The molecule has 108 valence electrons. The molecule has 0 fully saturated rings. The normalized spacial score (nSPS) is 17.2. The summed E-state index contributed by atoms with van der Waals surface area (Å²) < 4.78 is 22.7. The van der Waals surface area contributed by atoms with E-state index in [1.165, 1.54) is 27.3 Å². The third-order valence-corrected chi connectivity index (χ3v) is 6.55. The number of hydrogen-bond donors (Lipinski definition) is 1. The van der Waals surface area contributed by atoms with Gasteiger partial charge in [0, 0.05) is 27.8 Å². The fourth-order valence-corrected chi connectivity index (χ4v) is 5.42. The zero-order valence-electron chi connectivity index (χ0n) is 11.4. The number of thioether (sulfide) groups is 1. The molecule has 0 bridgehead atoms. The number of sulfone groups is 1. The van der Waals surface area contributed by atoms with E-state index in [2.05, 4.69) is 18.3 Å². The van der Waals surface area contributed by atoms with Crippen LogP contribution in [0.25, 0.3) is 0 Å². The number of hydrogen-bond acceptors (Lipinski definition) is 5. The molecule has 0 saturated carbocycles. The van der Waals surface area contributed by atoms with Crippen molar-refractivity contribution in [3.05, 3.63) is 21.4 Å². The van der Waals surface area contributed by atoms with Crippen molar-refractivity contribution in [2.75, 3.05) is 24.3 Å². The van der Waals surface area contributed by atoms with E-state index in [0.29, 0.717) is 6.42 Å². The number of fused-ring (bicyclic) bond motifs is 1. The van der Waals surface area contributed by atoms with Crippen LogP contribution in [0.2, 0.25) is 0 Å². The molecule has 0 aliphatic carbocycles. The van der Waals surface area contributed by atoms with Crippen molar-refractivity contribution < 1.29 is 8.42 Å². The second-order valence-corrected chi connectivity index (χ2v) is 9.46. The zero-order chi connectivity index (χ0) is 13.9. The first-order chi connectivity index (χ1) is 8.99. The van der Waals surface area contributed by atoms with Gasteiger partial charge >= 0.3 is 0 Å². The van der Waals surface area contributed by atoms with Gasteiger partial charge in [0.25, 0.3) is 0 Å². The van der Waals surface area contributed by atoms with Crippen LogP contribution in [0.15, 0.2) is 6.07 Å². The van der Waals surface area contributed by atoms with Gasteiger partial charge in [-0.15, -0.1) is 11.3 Å². The van der Waals surface area contributed by atoms with Gasteiger partial charge < -0.3 is 5.32 Å². The molecule has 0 amide bonds. The van der Waals surface area contributed by atoms with E-state index >= 15 is 0 Å². The lowest BCUT2D eigenvalue weighted by molar-refractivity contribution is 0.536. The Hall–Kier alpha value is -0.0400. The van der Waals surface area contributed by atoms with Crippen LogP contribution in [0.1, 0.15) is 34.7 Å². The van der Waals surface area contributed by atoms with Crippen LogP contribution >= 0.6 is 23.1 Å². The van der Waals surface area contributed by atoms with Crippen LogP contribution in [-0.2, 0) is 22.0 Å². The smallest absolute Gasteiger partial charge is 0.147 e. The van der Waals surface area contributed by atoms with Crippen LogP contribution in [0, 0.1) is 0 Å². The summed E-state index contributed by atoms with van der Waals surface area (Å²) in [5.41, 5.74) is 1.46. The summed E-state index contributed by atoms with van der Waals surface area (Å²) in [5, 5.41) is 3.42. The van der Waals surface area contributed by atoms with E-state index in [9.17, 15) is 8.42 Å². The first-order valence-corrected chi connectivity index (χ1v) is 10.6. The molecule has 0 radical (unpaired) electrons. The van der Waals surface area contributed by atoms with Gasteiger partial charge in [-0.3, -0.25) is 0 Å². The lowest BCUT2D eigenvalue weighted by Crippen LogP contribution is -2.22. The topological polar surface area (TPSA) is 46.2 Å². The Balaban J connectivity index is 2.11. The molecule has 1 aliphatic heterocycles. The first kappa shape index (κ1) is 15.4. The minimum absolute atomic E-state index is 0.181. The largest absolute Gasteiger partial charge is 0.309 e. The fourth-order valence-electron chi connectivity index (χ4n) is 2.27. The molecule has 1 atom stereocenters. The van der Waals surface area contributed by atoms with Gasteiger partial charge in [0.2, 0.25) is 0 Å². The molecular formula is C13H21NO2S3. The van der Waals surface area contributed by atoms with Gasteiger partial charge in [0.05, 0.1) is 5.75 Å². The number of thiophene rings is 1. The number of rotatable bonds is 6. The van der Waals surface area contributed by atoms with Crippen molar-refractivity contribution >= 4 is 32.9 Å². The van der Waals surface area contributed by atoms with E-state index in [-0.39, 0.29) is 11.8 Å². The molecule has 0 spiro atoms. The van der Waals surface area contributed by atoms with E-state index in [4.69, 9.17) is 0 Å². The van der Waals surface area contributed by atoms with Crippen molar-refractivity contribution in [2.24, 2.45) is 0 Å². The highest BCUT2D eigenvalue weighted by atomic mass is 32.2. The minimum Gasteiger partial charge on any atom is -0.309 e. The van der Waals surface area contributed by atoms with Crippen molar-refractivity contribution in [1.82, 2.24) is 5.32 Å². The molecule has 1 aromatic rings. The van der Waals surface area contributed by atoms with Crippen molar-refractivity contribution in [3.8, 4) is 0 Å². The minimum atomic E-state index is -2.89. The molecule has 2 rings (SSSR count). The Labute approximate surface area is 124 Å². The summed E-state index contributed by atoms with van der Waals surface area (Å²) in [6.07, 6.45) is 3.14. The average Bonchev–Trinajstić information content (AvgIpc) is 2.76. The second kappa shape index (κ2) is 6.61. The number of aryl methyl sites for hydroxylation is 1. The third kappa shape index (κ3) is 4.48. The van der Waals surface area contributed by atoms with Crippen LogP contribution < -0.4 is 5.32 Å². The molecule has 19 heavy (non-hydrogen) atoms. The van der Waals surface area contributed by atoms with Gasteiger partial charge in [-0.1, -0.05) is 6.92 Å². The summed E-state index contributed by atoms with van der Waals surface area (Å²) in [7, 11) is -2.89. The molecule has 1 N–H and O–H groups in total. The summed E-state index contributed by atoms with van der Waals surface area (Å²) in [6.45, 7) is 2.93. The molecular weight excluding hydrogens is 298 g/mol. The Morgan fingerprint density at radius 1 is 1.47 bits per heavy atom. The maximum Gasteiger partial charge on any atom is 0.147 e. The van der Waals surface area contributed by atoms with E-state index in [1.807, 2.05) is 23.1 Å². The summed E-state index contributed by atoms with van der Waals surface area (Å²) in [6, 6.07) is 2.46. The summed E-state index contributed by atoms with van der Waals surface area (Å²) in [5.74, 6) is 2.57. The third-order valence-electron chi connectivity index (χ3n) is 3.22. The second-order valence-electron chi connectivity index (χ2n) is 4.93. The van der Waals surface area contributed by atoms with E-state index < -0.39 is 9.84 Å². The van der Waals surface area contributed by atoms with Gasteiger partial charge in [-0.2, -0.15) is 11.8 Å². The summed E-state index contributed by atoms with van der Waals surface area (Å²) >= 11 is 3.85. The molecule has 3 nitrogen and oxygen atoms in total. The van der Waals surface area contributed by atoms with E-state index in [0.717, 1.165) is 18.7 Å². The van der Waals surface area contributed by atoms with Crippen LogP contribution in [0.3, 0.4) is 0 Å². The first-order valence-electron chi connectivity index (χ1n) is 6.60. The maximum atomic E-state index is 11.3. The van der Waals surface area contributed by atoms with Crippen molar-refractivity contribution in [2.45, 2.75) is 31.6 Å². The summed E-state index contributed by atoms with van der Waals surface area (Å²) in [4.78, 5) is 2.80. The molecule has 1 unspecified atom stereocenters. The fraction of sp³-hybridized carbons (Fsp3) is 0.692. The maximum absolute atomic E-state index is 11.3. The number of nitrogens with one attached hydrogen (secondary N) is 1. The Bertz CT molecular complexity index is 498. The van der Waals surface area contributed by atoms with Gasteiger partial charge in [-0.05, 0) is 36.8 Å². The molecule has 0 saturated heterocycles. The zero-order valence-corrected chi connectivity index (χ0v) is 13.9. The molecule has 1 aliphatic rings.